The summed E-state index contributed by atoms with van der Waals surface area (Å²) < 4.78 is 6.71. The smallest absolute Gasteiger partial charge is 0.341 e. The van der Waals surface area contributed by atoms with Crippen LogP contribution in [0.25, 0.3) is 5.52 Å². The van der Waals surface area contributed by atoms with Gasteiger partial charge in [-0.15, -0.1) is 11.8 Å². The van der Waals surface area contributed by atoms with Gasteiger partial charge in [-0.25, -0.2) is 4.79 Å². The number of esters is 1. The predicted molar refractivity (Wildman–Crippen MR) is 85.3 cm³/mol. The summed E-state index contributed by atoms with van der Waals surface area (Å²) in [6.45, 7) is 3.72. The molecule has 0 radical (unpaired) electrons. The molecule has 114 valence electrons. The van der Waals surface area contributed by atoms with Crippen LogP contribution in [0.1, 0.15) is 36.2 Å². The molecule has 0 spiro atoms. The van der Waals surface area contributed by atoms with Crippen LogP contribution >= 0.6 is 11.8 Å². The van der Waals surface area contributed by atoms with E-state index in [-0.39, 0.29) is 17.2 Å². The lowest BCUT2D eigenvalue weighted by molar-refractivity contribution is 0.0332. The Morgan fingerprint density at radius 1 is 1.50 bits per heavy atom. The van der Waals surface area contributed by atoms with E-state index < -0.39 is 11.5 Å². The maximum absolute atomic E-state index is 12.5. The molecule has 0 aromatic carbocycles. The molecule has 2 heterocycles. The van der Waals surface area contributed by atoms with E-state index in [0.717, 1.165) is 0 Å². The van der Waals surface area contributed by atoms with Crippen LogP contribution in [0.3, 0.4) is 0 Å². The summed E-state index contributed by atoms with van der Waals surface area (Å²) in [6.07, 6.45) is 3.73. The zero-order chi connectivity index (χ0) is 16.3. The van der Waals surface area contributed by atoms with Gasteiger partial charge in [-0.2, -0.15) is 5.26 Å². The number of nitrogens with zero attached hydrogens (tertiary/aromatic N) is 2. The van der Waals surface area contributed by atoms with Crippen molar-refractivity contribution in [1.82, 2.24) is 4.40 Å². The van der Waals surface area contributed by atoms with Crippen LogP contribution in [-0.4, -0.2) is 22.7 Å². The van der Waals surface area contributed by atoms with E-state index in [4.69, 9.17) is 4.74 Å². The van der Waals surface area contributed by atoms with E-state index in [1.165, 1.54) is 16.2 Å². The Morgan fingerprint density at radius 2 is 2.23 bits per heavy atom. The van der Waals surface area contributed by atoms with E-state index in [2.05, 4.69) is 0 Å². The fraction of sp³-hybridized carbons (Fsp3) is 0.312. The first-order valence-electron chi connectivity index (χ1n) is 6.87. The Bertz CT molecular complexity index is 820. The van der Waals surface area contributed by atoms with Gasteiger partial charge in [0, 0.05) is 11.1 Å². The Balaban J connectivity index is 2.81. The Morgan fingerprint density at radius 3 is 2.82 bits per heavy atom. The molecule has 0 N–H and O–H groups in total. The van der Waals surface area contributed by atoms with Gasteiger partial charge in [0.05, 0.1) is 17.2 Å². The topological polar surface area (TPSA) is 71.6 Å². The van der Waals surface area contributed by atoms with Crippen molar-refractivity contribution in [3.8, 4) is 6.07 Å². The van der Waals surface area contributed by atoms with Gasteiger partial charge in [-0.05, 0) is 31.7 Å². The van der Waals surface area contributed by atoms with Gasteiger partial charge in [0.2, 0.25) is 0 Å². The van der Waals surface area contributed by atoms with Crippen molar-refractivity contribution < 1.29 is 9.53 Å². The highest BCUT2D eigenvalue weighted by molar-refractivity contribution is 7.98. The molecule has 1 unspecified atom stereocenters. The van der Waals surface area contributed by atoms with Gasteiger partial charge >= 0.3 is 5.97 Å². The first-order valence-corrected chi connectivity index (χ1v) is 8.10. The minimum absolute atomic E-state index is 0.0349. The van der Waals surface area contributed by atoms with Crippen LogP contribution < -0.4 is 5.56 Å². The average molecular weight is 316 g/mol. The van der Waals surface area contributed by atoms with E-state index in [1.54, 1.807) is 37.6 Å². The van der Waals surface area contributed by atoms with Crippen molar-refractivity contribution in [2.45, 2.75) is 31.3 Å². The fourth-order valence-electron chi connectivity index (χ4n) is 2.11. The molecular weight excluding hydrogens is 300 g/mol. The second kappa shape index (κ2) is 6.67. The highest BCUT2D eigenvalue weighted by atomic mass is 32.2. The van der Waals surface area contributed by atoms with Crippen molar-refractivity contribution >= 4 is 23.2 Å². The number of ether oxygens (including phenoxy) is 1. The molecule has 0 fully saturated rings. The summed E-state index contributed by atoms with van der Waals surface area (Å²) in [5.74, 6) is -0.515. The van der Waals surface area contributed by atoms with E-state index in [0.29, 0.717) is 16.8 Å². The summed E-state index contributed by atoms with van der Waals surface area (Å²) >= 11 is 1.20. The van der Waals surface area contributed by atoms with Gasteiger partial charge in [0.1, 0.15) is 11.6 Å². The lowest BCUT2D eigenvalue weighted by Gasteiger charge is -2.15. The van der Waals surface area contributed by atoms with Crippen molar-refractivity contribution in [2.24, 2.45) is 0 Å². The number of rotatable bonds is 4. The molecule has 0 aliphatic carbocycles. The van der Waals surface area contributed by atoms with Gasteiger partial charge in [-0.3, -0.25) is 9.20 Å². The fourth-order valence-corrected chi connectivity index (χ4v) is 2.84. The summed E-state index contributed by atoms with van der Waals surface area (Å²) in [5.41, 5.74) is 0.253. The summed E-state index contributed by atoms with van der Waals surface area (Å²) in [4.78, 5) is 25.3. The number of aromatic nitrogens is 1. The van der Waals surface area contributed by atoms with Crippen molar-refractivity contribution in [3.63, 3.8) is 0 Å². The molecular formula is C16H16N2O3S. The first-order chi connectivity index (χ1) is 10.5. The average Bonchev–Trinajstić information content (AvgIpc) is 2.54. The standard InChI is InChI=1S/C16H16N2O3S/c1-4-10(2)21-16(20)13-12-7-5-6-8-18(12)15(19)11(9-17)14(13)22-3/h5-8,10H,4H2,1-3H3. The summed E-state index contributed by atoms with van der Waals surface area (Å²) in [6, 6.07) is 7.00. The van der Waals surface area contributed by atoms with E-state index in [9.17, 15) is 14.9 Å². The van der Waals surface area contributed by atoms with Crippen LogP contribution in [0.2, 0.25) is 0 Å². The number of pyridine rings is 2. The normalized spacial score (nSPS) is 11.9. The molecule has 2 aromatic heterocycles. The molecule has 1 atom stereocenters. The van der Waals surface area contributed by atoms with Crippen LogP contribution in [0.5, 0.6) is 0 Å². The zero-order valence-electron chi connectivity index (χ0n) is 12.6. The maximum Gasteiger partial charge on any atom is 0.341 e. The molecule has 0 aliphatic rings. The molecule has 0 amide bonds. The first kappa shape index (κ1) is 16.1. The molecule has 2 rings (SSSR count). The van der Waals surface area contributed by atoms with Crippen LogP contribution in [0, 0.1) is 11.3 Å². The molecule has 22 heavy (non-hydrogen) atoms. The third kappa shape index (κ3) is 2.72. The minimum atomic E-state index is -0.515. The zero-order valence-corrected chi connectivity index (χ0v) is 13.4. The van der Waals surface area contributed by atoms with Gasteiger partial charge in [-0.1, -0.05) is 13.0 Å². The third-order valence-corrected chi connectivity index (χ3v) is 4.22. The molecule has 0 bridgehead atoms. The van der Waals surface area contributed by atoms with Gasteiger partial charge in [0.15, 0.2) is 0 Å². The number of hydrogen-bond acceptors (Lipinski definition) is 5. The minimum Gasteiger partial charge on any atom is -0.459 e. The number of fused-ring (bicyclic) bond motifs is 1. The quantitative estimate of drug-likeness (QED) is 0.640. The third-order valence-electron chi connectivity index (χ3n) is 3.41. The summed E-state index contributed by atoms with van der Waals surface area (Å²) in [7, 11) is 0. The number of carbonyl (C=O) groups excluding carboxylic acids is 1. The largest absolute Gasteiger partial charge is 0.459 e. The van der Waals surface area contributed by atoms with Crippen LogP contribution in [0.15, 0.2) is 34.1 Å². The molecule has 0 aliphatic heterocycles. The Labute approximate surface area is 132 Å². The van der Waals surface area contributed by atoms with Gasteiger partial charge in [0.25, 0.3) is 5.56 Å². The molecule has 0 saturated heterocycles. The molecule has 6 heteroatoms. The monoisotopic (exact) mass is 316 g/mol. The predicted octanol–water partition coefficient (Wildman–Crippen LogP) is 2.85. The van der Waals surface area contributed by atoms with E-state index in [1.807, 2.05) is 13.0 Å². The van der Waals surface area contributed by atoms with Gasteiger partial charge < -0.3 is 4.74 Å². The highest BCUT2D eigenvalue weighted by Crippen LogP contribution is 2.27. The lowest BCUT2D eigenvalue weighted by Crippen LogP contribution is -2.23. The van der Waals surface area contributed by atoms with Crippen molar-refractivity contribution in [1.29, 1.82) is 5.26 Å². The maximum atomic E-state index is 12.5. The van der Waals surface area contributed by atoms with Crippen molar-refractivity contribution in [2.75, 3.05) is 6.26 Å². The molecule has 5 nitrogen and oxygen atoms in total. The van der Waals surface area contributed by atoms with Crippen molar-refractivity contribution in [3.05, 3.63) is 45.9 Å². The number of nitriles is 1. The Kier molecular flexibility index (Phi) is 4.88. The second-order valence-electron chi connectivity index (χ2n) is 4.78. The number of thioether (sulfide) groups is 1. The van der Waals surface area contributed by atoms with Crippen LogP contribution in [0.4, 0.5) is 0 Å². The Hall–Kier alpha value is -2.26. The number of hydrogen-bond donors (Lipinski definition) is 0. The van der Waals surface area contributed by atoms with Crippen LogP contribution in [-0.2, 0) is 4.74 Å². The molecule has 0 saturated carbocycles. The summed E-state index contributed by atoms with van der Waals surface area (Å²) in [5, 5.41) is 9.30. The van der Waals surface area contributed by atoms with E-state index >= 15 is 0 Å². The highest BCUT2D eigenvalue weighted by Gasteiger charge is 2.24. The molecule has 2 aromatic rings. The second-order valence-corrected chi connectivity index (χ2v) is 5.60. The SMILES string of the molecule is CCC(C)OC(=O)c1c(SC)c(C#N)c(=O)n2ccccc12. The number of carbonyl (C=O) groups is 1. The lowest BCUT2D eigenvalue weighted by atomic mass is 10.1.